The molecule has 0 saturated carbocycles. The van der Waals surface area contributed by atoms with Crippen LogP contribution in [-0.4, -0.2) is 9.97 Å². The predicted octanol–water partition coefficient (Wildman–Crippen LogP) is 3.88. The number of hydrogen-bond acceptors (Lipinski definition) is 1. The second kappa shape index (κ2) is 7.49. The first kappa shape index (κ1) is 12.3. The summed E-state index contributed by atoms with van der Waals surface area (Å²) in [6.07, 6.45) is 12.0. The van der Waals surface area contributed by atoms with Gasteiger partial charge in [-0.15, -0.1) is 0 Å². The van der Waals surface area contributed by atoms with Crippen molar-refractivity contribution in [3.05, 3.63) is 17.7 Å². The molecule has 0 aliphatic carbocycles. The van der Waals surface area contributed by atoms with E-state index in [9.17, 15) is 0 Å². The molecule has 1 aromatic rings. The summed E-state index contributed by atoms with van der Waals surface area (Å²) in [7, 11) is 0. The van der Waals surface area contributed by atoms with Crippen molar-refractivity contribution >= 4 is 0 Å². The van der Waals surface area contributed by atoms with Crippen molar-refractivity contribution in [1.82, 2.24) is 9.97 Å². The van der Waals surface area contributed by atoms with Crippen molar-refractivity contribution < 1.29 is 0 Å². The van der Waals surface area contributed by atoms with Crippen LogP contribution < -0.4 is 0 Å². The Morgan fingerprint density at radius 1 is 1.00 bits per heavy atom. The molecule has 1 aromatic heterocycles. The fourth-order valence-electron chi connectivity index (χ4n) is 1.88. The van der Waals surface area contributed by atoms with Gasteiger partial charge in [0.25, 0.3) is 0 Å². The van der Waals surface area contributed by atoms with Crippen LogP contribution in [-0.2, 0) is 12.8 Å². The number of nitrogens with one attached hydrogen (secondary N) is 1. The Labute approximate surface area is 93.5 Å². The van der Waals surface area contributed by atoms with Crippen LogP contribution in [0.5, 0.6) is 0 Å². The van der Waals surface area contributed by atoms with Gasteiger partial charge in [0.15, 0.2) is 0 Å². The maximum atomic E-state index is 4.41. The summed E-state index contributed by atoms with van der Waals surface area (Å²) in [5, 5.41) is 0. The van der Waals surface area contributed by atoms with E-state index in [0.29, 0.717) is 0 Å². The summed E-state index contributed by atoms with van der Waals surface area (Å²) in [6, 6.07) is 0. The van der Waals surface area contributed by atoms with Crippen LogP contribution in [0.2, 0.25) is 0 Å². The van der Waals surface area contributed by atoms with Gasteiger partial charge < -0.3 is 4.98 Å². The van der Waals surface area contributed by atoms with Gasteiger partial charge in [0.05, 0.1) is 12.0 Å². The average Bonchev–Trinajstić information content (AvgIpc) is 2.67. The maximum absolute atomic E-state index is 4.41. The van der Waals surface area contributed by atoms with Crippen LogP contribution >= 0.6 is 0 Å². The van der Waals surface area contributed by atoms with Gasteiger partial charge in [0.1, 0.15) is 0 Å². The van der Waals surface area contributed by atoms with E-state index in [1.807, 2.05) is 6.33 Å². The van der Waals surface area contributed by atoms with Crippen LogP contribution in [0, 0.1) is 0 Å². The van der Waals surface area contributed by atoms with E-state index in [1.54, 1.807) is 0 Å². The van der Waals surface area contributed by atoms with Gasteiger partial charge in [-0.2, -0.15) is 0 Å². The topological polar surface area (TPSA) is 28.7 Å². The van der Waals surface area contributed by atoms with Crippen LogP contribution in [0.25, 0.3) is 0 Å². The number of unbranched alkanes of at least 4 members (excludes halogenated alkanes) is 4. The van der Waals surface area contributed by atoms with E-state index in [2.05, 4.69) is 23.8 Å². The van der Waals surface area contributed by atoms with E-state index in [4.69, 9.17) is 0 Å². The van der Waals surface area contributed by atoms with Crippen LogP contribution in [0.3, 0.4) is 0 Å². The lowest BCUT2D eigenvalue weighted by Gasteiger charge is -2.02. The number of imidazole rings is 1. The molecule has 86 valence electrons. The third-order valence-corrected chi connectivity index (χ3v) is 2.85. The highest BCUT2D eigenvalue weighted by atomic mass is 14.9. The molecule has 0 saturated heterocycles. The zero-order chi connectivity index (χ0) is 10.9. The number of H-pyrrole nitrogens is 1. The molecule has 1 rings (SSSR count). The molecule has 1 N–H and O–H groups in total. The fraction of sp³-hybridized carbons (Fsp3) is 0.769. The standard InChI is InChI=1S/C13H24N2/c1-3-5-7-9-12-13(15-11-14-12)10-8-6-4-2/h11H,3-10H2,1-2H3,(H,14,15). The summed E-state index contributed by atoms with van der Waals surface area (Å²) in [5.74, 6) is 0. The van der Waals surface area contributed by atoms with Crippen molar-refractivity contribution in [3.8, 4) is 0 Å². The zero-order valence-electron chi connectivity index (χ0n) is 10.2. The van der Waals surface area contributed by atoms with E-state index < -0.39 is 0 Å². The molecule has 1 heterocycles. The molecule has 0 amide bonds. The first-order valence-electron chi connectivity index (χ1n) is 6.39. The summed E-state index contributed by atoms with van der Waals surface area (Å²) < 4.78 is 0. The second-order valence-electron chi connectivity index (χ2n) is 4.24. The van der Waals surface area contributed by atoms with Crippen LogP contribution in [0.15, 0.2) is 6.33 Å². The summed E-state index contributed by atoms with van der Waals surface area (Å²) in [5.41, 5.74) is 2.68. The lowest BCUT2D eigenvalue weighted by atomic mass is 10.1. The van der Waals surface area contributed by atoms with E-state index in [0.717, 1.165) is 6.42 Å². The van der Waals surface area contributed by atoms with Crippen LogP contribution in [0.4, 0.5) is 0 Å². The highest BCUT2D eigenvalue weighted by Gasteiger charge is 2.04. The number of nitrogens with zero attached hydrogens (tertiary/aromatic N) is 1. The van der Waals surface area contributed by atoms with Gasteiger partial charge >= 0.3 is 0 Å². The molecular formula is C13H24N2. The number of aromatic amines is 1. The molecule has 0 atom stereocenters. The maximum Gasteiger partial charge on any atom is 0.0925 e. The molecule has 0 aromatic carbocycles. The third kappa shape index (κ3) is 4.50. The van der Waals surface area contributed by atoms with Crippen LogP contribution in [0.1, 0.15) is 63.8 Å². The average molecular weight is 208 g/mol. The van der Waals surface area contributed by atoms with E-state index in [-0.39, 0.29) is 0 Å². The second-order valence-corrected chi connectivity index (χ2v) is 4.24. The summed E-state index contributed by atoms with van der Waals surface area (Å²) in [4.78, 5) is 7.69. The highest BCUT2D eigenvalue weighted by molar-refractivity contribution is 5.11. The zero-order valence-corrected chi connectivity index (χ0v) is 10.2. The van der Waals surface area contributed by atoms with Crippen molar-refractivity contribution in [2.24, 2.45) is 0 Å². The third-order valence-electron chi connectivity index (χ3n) is 2.85. The Hall–Kier alpha value is -0.790. The molecule has 0 fully saturated rings. The molecule has 2 heteroatoms. The van der Waals surface area contributed by atoms with Gasteiger partial charge in [0, 0.05) is 5.69 Å². The minimum absolute atomic E-state index is 1.15. The molecule has 0 aliphatic heterocycles. The highest BCUT2D eigenvalue weighted by Crippen LogP contribution is 2.11. The van der Waals surface area contributed by atoms with Gasteiger partial charge in [-0.3, -0.25) is 0 Å². The first-order valence-corrected chi connectivity index (χ1v) is 6.39. The normalized spacial score (nSPS) is 10.8. The van der Waals surface area contributed by atoms with E-state index >= 15 is 0 Å². The van der Waals surface area contributed by atoms with Crippen molar-refractivity contribution in [3.63, 3.8) is 0 Å². The van der Waals surface area contributed by atoms with Crippen molar-refractivity contribution in [2.75, 3.05) is 0 Å². The lowest BCUT2D eigenvalue weighted by molar-refractivity contribution is 0.683. The summed E-state index contributed by atoms with van der Waals surface area (Å²) in [6.45, 7) is 4.49. The van der Waals surface area contributed by atoms with Gasteiger partial charge in [-0.05, 0) is 25.7 Å². The molecule has 0 spiro atoms. The molecular weight excluding hydrogens is 184 g/mol. The Morgan fingerprint density at radius 2 is 1.67 bits per heavy atom. The predicted molar refractivity (Wildman–Crippen MR) is 65.0 cm³/mol. The summed E-state index contributed by atoms with van der Waals surface area (Å²) >= 11 is 0. The Bertz CT molecular complexity index is 228. The lowest BCUT2D eigenvalue weighted by Crippen LogP contribution is -1.94. The molecule has 15 heavy (non-hydrogen) atoms. The van der Waals surface area contributed by atoms with Gasteiger partial charge in [-0.1, -0.05) is 39.5 Å². The van der Waals surface area contributed by atoms with Crippen molar-refractivity contribution in [1.29, 1.82) is 0 Å². The monoisotopic (exact) mass is 208 g/mol. The number of aromatic nitrogens is 2. The molecule has 0 radical (unpaired) electrons. The smallest absolute Gasteiger partial charge is 0.0925 e. The number of hydrogen-bond donors (Lipinski definition) is 1. The van der Waals surface area contributed by atoms with Gasteiger partial charge in [-0.25, -0.2) is 4.98 Å². The van der Waals surface area contributed by atoms with Gasteiger partial charge in [0.2, 0.25) is 0 Å². The Kier molecular flexibility index (Phi) is 6.14. The molecule has 0 unspecified atom stereocenters. The number of rotatable bonds is 8. The minimum Gasteiger partial charge on any atom is -0.348 e. The Balaban J connectivity index is 2.32. The quantitative estimate of drug-likeness (QED) is 0.645. The fourth-order valence-corrected chi connectivity index (χ4v) is 1.88. The molecule has 2 nitrogen and oxygen atoms in total. The first-order chi connectivity index (χ1) is 7.38. The Morgan fingerprint density at radius 3 is 2.33 bits per heavy atom. The molecule has 0 bridgehead atoms. The largest absolute Gasteiger partial charge is 0.348 e. The minimum atomic E-state index is 1.15. The van der Waals surface area contributed by atoms with Crippen molar-refractivity contribution in [2.45, 2.75) is 65.2 Å². The SMILES string of the molecule is CCCCCc1nc[nH]c1CCCCC. The number of aryl methyl sites for hydroxylation is 2. The van der Waals surface area contributed by atoms with E-state index in [1.165, 1.54) is 56.3 Å². The molecule has 0 aliphatic rings.